The van der Waals surface area contributed by atoms with Gasteiger partial charge in [-0.25, -0.2) is 13.1 Å². The van der Waals surface area contributed by atoms with Crippen LogP contribution in [0.5, 0.6) is 0 Å². The summed E-state index contributed by atoms with van der Waals surface area (Å²) in [5.74, 6) is -0.136. The van der Waals surface area contributed by atoms with Gasteiger partial charge < -0.3 is 15.2 Å². The molecule has 3 N–H and O–H groups in total. The Morgan fingerprint density at radius 3 is 2.68 bits per heavy atom. The Kier molecular flexibility index (Phi) is 5.98. The number of hydrogen-bond acceptors (Lipinski definition) is 4. The van der Waals surface area contributed by atoms with Gasteiger partial charge in [0.1, 0.15) is 10.6 Å². The van der Waals surface area contributed by atoms with Crippen molar-refractivity contribution in [2.45, 2.75) is 31.1 Å². The number of likely N-dealkylation sites (tertiary alicyclic amines) is 1. The topological polar surface area (TPSA) is 94.3 Å². The van der Waals surface area contributed by atoms with Crippen molar-refractivity contribution in [2.75, 3.05) is 32.7 Å². The SMILES string of the molecule is CCCNCCNS(=O)(=O)c1c[nH]c(C(=O)N2CCCC2)c1. The summed E-state index contributed by atoms with van der Waals surface area (Å²) in [5, 5.41) is 3.12. The predicted octanol–water partition coefficient (Wildman–Crippen LogP) is 0.529. The molecule has 1 aromatic heterocycles. The van der Waals surface area contributed by atoms with E-state index < -0.39 is 10.0 Å². The van der Waals surface area contributed by atoms with Gasteiger partial charge in [0.15, 0.2) is 0 Å². The number of rotatable bonds is 8. The second kappa shape index (κ2) is 7.75. The average Bonchev–Trinajstić information content (AvgIpc) is 3.18. The van der Waals surface area contributed by atoms with Crippen LogP contribution in [0.2, 0.25) is 0 Å². The fourth-order valence-corrected chi connectivity index (χ4v) is 3.43. The molecule has 0 unspecified atom stereocenters. The lowest BCUT2D eigenvalue weighted by atomic mass is 10.4. The Bertz CT molecular complexity index is 591. The first-order valence-electron chi connectivity index (χ1n) is 7.72. The molecule has 1 aliphatic rings. The van der Waals surface area contributed by atoms with Crippen LogP contribution in [0.25, 0.3) is 0 Å². The summed E-state index contributed by atoms with van der Waals surface area (Å²) in [6.07, 6.45) is 4.38. The molecule has 1 fully saturated rings. The monoisotopic (exact) mass is 328 g/mol. The van der Waals surface area contributed by atoms with E-state index in [2.05, 4.69) is 21.9 Å². The third-order valence-electron chi connectivity index (χ3n) is 3.61. The second-order valence-electron chi connectivity index (χ2n) is 5.40. The lowest BCUT2D eigenvalue weighted by Gasteiger charge is -2.13. The van der Waals surface area contributed by atoms with Crippen LogP contribution in [0.1, 0.15) is 36.7 Å². The van der Waals surface area contributed by atoms with Gasteiger partial charge >= 0.3 is 0 Å². The van der Waals surface area contributed by atoms with Crippen molar-refractivity contribution >= 4 is 15.9 Å². The maximum Gasteiger partial charge on any atom is 0.270 e. The van der Waals surface area contributed by atoms with Gasteiger partial charge in [-0.15, -0.1) is 0 Å². The van der Waals surface area contributed by atoms with Crippen molar-refractivity contribution in [2.24, 2.45) is 0 Å². The number of sulfonamides is 1. The number of amides is 1. The summed E-state index contributed by atoms with van der Waals surface area (Å²) in [7, 11) is -3.58. The van der Waals surface area contributed by atoms with Crippen molar-refractivity contribution in [1.29, 1.82) is 0 Å². The van der Waals surface area contributed by atoms with Gasteiger partial charge in [-0.3, -0.25) is 4.79 Å². The molecule has 0 bridgehead atoms. The van der Waals surface area contributed by atoms with E-state index in [0.29, 0.717) is 18.8 Å². The summed E-state index contributed by atoms with van der Waals surface area (Å²) in [6.45, 7) is 5.29. The van der Waals surface area contributed by atoms with Crippen LogP contribution in [-0.4, -0.2) is 56.9 Å². The van der Waals surface area contributed by atoms with Crippen LogP contribution < -0.4 is 10.0 Å². The number of aromatic nitrogens is 1. The Labute approximate surface area is 131 Å². The predicted molar refractivity (Wildman–Crippen MR) is 84.3 cm³/mol. The van der Waals surface area contributed by atoms with Crippen molar-refractivity contribution < 1.29 is 13.2 Å². The van der Waals surface area contributed by atoms with Crippen LogP contribution in [-0.2, 0) is 10.0 Å². The first-order valence-corrected chi connectivity index (χ1v) is 9.21. The van der Waals surface area contributed by atoms with Gasteiger partial charge in [-0.1, -0.05) is 6.92 Å². The Hall–Kier alpha value is -1.38. The van der Waals surface area contributed by atoms with Crippen LogP contribution in [0, 0.1) is 0 Å². The molecule has 8 heteroatoms. The molecule has 2 rings (SSSR count). The summed E-state index contributed by atoms with van der Waals surface area (Å²) < 4.78 is 26.8. The zero-order valence-electron chi connectivity index (χ0n) is 12.9. The quantitative estimate of drug-likeness (QED) is 0.607. The molecule has 2 heterocycles. The first kappa shape index (κ1) is 17.0. The van der Waals surface area contributed by atoms with E-state index >= 15 is 0 Å². The minimum atomic E-state index is -3.58. The lowest BCUT2D eigenvalue weighted by Crippen LogP contribution is -2.32. The Morgan fingerprint density at radius 1 is 1.27 bits per heavy atom. The maximum atomic E-state index is 12.2. The number of aromatic amines is 1. The number of carbonyl (C=O) groups is 1. The summed E-state index contributed by atoms with van der Waals surface area (Å²) >= 11 is 0. The zero-order chi connectivity index (χ0) is 16.0. The normalized spacial score (nSPS) is 15.4. The molecule has 124 valence electrons. The molecule has 0 aromatic carbocycles. The van der Waals surface area contributed by atoms with E-state index in [1.165, 1.54) is 12.3 Å². The fraction of sp³-hybridized carbons (Fsp3) is 0.643. The largest absolute Gasteiger partial charge is 0.356 e. The minimum Gasteiger partial charge on any atom is -0.356 e. The molecule has 1 amide bonds. The summed E-state index contributed by atoms with van der Waals surface area (Å²) in [6, 6.07) is 1.41. The van der Waals surface area contributed by atoms with Crippen molar-refractivity contribution in [1.82, 2.24) is 19.9 Å². The van der Waals surface area contributed by atoms with Crippen LogP contribution in [0.15, 0.2) is 17.2 Å². The summed E-state index contributed by atoms with van der Waals surface area (Å²) in [4.78, 5) is 16.8. The minimum absolute atomic E-state index is 0.102. The number of H-pyrrole nitrogens is 1. The molecule has 0 radical (unpaired) electrons. The number of hydrogen-bond donors (Lipinski definition) is 3. The van der Waals surface area contributed by atoms with Crippen LogP contribution in [0.3, 0.4) is 0 Å². The van der Waals surface area contributed by atoms with E-state index in [-0.39, 0.29) is 10.8 Å². The van der Waals surface area contributed by atoms with Gasteiger partial charge in [0.2, 0.25) is 10.0 Å². The van der Waals surface area contributed by atoms with Gasteiger partial charge in [-0.05, 0) is 31.9 Å². The highest BCUT2D eigenvalue weighted by Gasteiger charge is 2.23. The number of carbonyl (C=O) groups excluding carboxylic acids is 1. The van der Waals surface area contributed by atoms with E-state index in [4.69, 9.17) is 0 Å². The molecule has 0 saturated carbocycles. The van der Waals surface area contributed by atoms with E-state index in [9.17, 15) is 13.2 Å². The average molecular weight is 328 g/mol. The zero-order valence-corrected chi connectivity index (χ0v) is 13.7. The Balaban J connectivity index is 1.92. The van der Waals surface area contributed by atoms with E-state index in [0.717, 1.165) is 38.9 Å². The third-order valence-corrected chi connectivity index (χ3v) is 5.05. The molecule has 1 aromatic rings. The molecular formula is C14H24N4O3S. The summed E-state index contributed by atoms with van der Waals surface area (Å²) in [5.41, 5.74) is 0.325. The maximum absolute atomic E-state index is 12.2. The third kappa shape index (κ3) is 4.31. The molecule has 0 atom stereocenters. The second-order valence-corrected chi connectivity index (χ2v) is 7.16. The molecule has 1 saturated heterocycles. The fourth-order valence-electron chi connectivity index (χ4n) is 2.40. The van der Waals surface area contributed by atoms with Crippen LogP contribution in [0.4, 0.5) is 0 Å². The molecule has 1 aliphatic heterocycles. The van der Waals surface area contributed by atoms with Gasteiger partial charge in [0, 0.05) is 32.4 Å². The van der Waals surface area contributed by atoms with E-state index in [1.54, 1.807) is 4.90 Å². The van der Waals surface area contributed by atoms with Crippen molar-refractivity contribution in [3.63, 3.8) is 0 Å². The van der Waals surface area contributed by atoms with Gasteiger partial charge in [-0.2, -0.15) is 0 Å². The highest BCUT2D eigenvalue weighted by molar-refractivity contribution is 7.89. The molecule has 7 nitrogen and oxygen atoms in total. The van der Waals surface area contributed by atoms with Crippen molar-refractivity contribution in [3.05, 3.63) is 18.0 Å². The van der Waals surface area contributed by atoms with Gasteiger partial charge in [0.25, 0.3) is 5.91 Å². The van der Waals surface area contributed by atoms with Crippen molar-refractivity contribution in [3.8, 4) is 0 Å². The van der Waals surface area contributed by atoms with Crippen LogP contribution >= 0.6 is 0 Å². The highest BCUT2D eigenvalue weighted by atomic mass is 32.2. The molecular weight excluding hydrogens is 304 g/mol. The first-order chi connectivity index (χ1) is 10.5. The molecule has 0 aliphatic carbocycles. The molecule has 22 heavy (non-hydrogen) atoms. The molecule has 0 spiro atoms. The number of nitrogens with one attached hydrogen (secondary N) is 3. The standard InChI is InChI=1S/C14H24N4O3S/c1-2-5-15-6-7-17-22(20,21)12-10-13(16-11-12)14(19)18-8-3-4-9-18/h10-11,15-17H,2-9H2,1H3. The smallest absolute Gasteiger partial charge is 0.270 e. The van der Waals surface area contributed by atoms with E-state index in [1.807, 2.05) is 0 Å². The highest BCUT2D eigenvalue weighted by Crippen LogP contribution is 2.15. The number of nitrogens with zero attached hydrogens (tertiary/aromatic N) is 1. The lowest BCUT2D eigenvalue weighted by molar-refractivity contribution is 0.0787. The Morgan fingerprint density at radius 2 is 2.00 bits per heavy atom. The van der Waals surface area contributed by atoms with Gasteiger partial charge in [0.05, 0.1) is 0 Å².